The second-order valence-electron chi connectivity index (χ2n) is 2.86. The van der Waals surface area contributed by atoms with Crippen molar-refractivity contribution in [1.82, 2.24) is 0 Å². The molecule has 0 bridgehead atoms. The Morgan fingerprint density at radius 1 is 1.36 bits per heavy atom. The van der Waals surface area contributed by atoms with Crippen LogP contribution >= 0.6 is 0 Å². The van der Waals surface area contributed by atoms with Crippen molar-refractivity contribution in [2.24, 2.45) is 0 Å². The van der Waals surface area contributed by atoms with Gasteiger partial charge in [0, 0.05) is 6.42 Å². The van der Waals surface area contributed by atoms with E-state index in [9.17, 15) is 15.3 Å². The molecule has 1 saturated heterocycles. The fourth-order valence-corrected chi connectivity index (χ4v) is 1.16. The van der Waals surface area contributed by atoms with Gasteiger partial charge in [-0.2, -0.15) is 0 Å². The summed E-state index contributed by atoms with van der Waals surface area (Å²) in [5.41, 5.74) is 0. The van der Waals surface area contributed by atoms with Gasteiger partial charge in [-0.3, -0.25) is 0 Å². The molecule has 0 spiro atoms. The fourth-order valence-electron chi connectivity index (χ4n) is 1.16. The summed E-state index contributed by atoms with van der Waals surface area (Å²) in [4.78, 5) is 0. The van der Waals surface area contributed by atoms with Crippen molar-refractivity contribution in [3.8, 4) is 0 Å². The first-order chi connectivity index (χ1) is 5.00. The number of aliphatic hydroxyl groups is 3. The van der Waals surface area contributed by atoms with Crippen LogP contribution in [0.3, 0.4) is 0 Å². The Bertz CT molecular complexity index is 161. The average Bonchev–Trinajstić information content (AvgIpc) is 2.56. The third kappa shape index (κ3) is 1.06. The summed E-state index contributed by atoms with van der Waals surface area (Å²) in [6.07, 6.45) is -0.369. The zero-order valence-electron chi connectivity index (χ0n) is 6.74. The normalized spacial score (nSPS) is 45.5. The van der Waals surface area contributed by atoms with E-state index in [4.69, 9.17) is 0 Å². The Morgan fingerprint density at radius 3 is 2.18 bits per heavy atom. The van der Waals surface area contributed by atoms with E-state index in [1.807, 2.05) is 0 Å². The highest BCUT2D eigenvalue weighted by Crippen LogP contribution is 2.48. The zero-order chi connectivity index (χ0) is 8.70. The van der Waals surface area contributed by atoms with E-state index < -0.39 is 17.7 Å². The minimum Gasteiger partial charge on any atom is -0.387 e. The van der Waals surface area contributed by atoms with Crippen LogP contribution in [-0.2, 0) is 4.74 Å². The smallest absolute Gasteiger partial charge is 0.250 e. The van der Waals surface area contributed by atoms with Crippen molar-refractivity contribution in [2.75, 3.05) is 0 Å². The van der Waals surface area contributed by atoms with Crippen LogP contribution in [0.2, 0.25) is 0 Å². The molecule has 3 unspecified atom stereocenters. The topological polar surface area (TPSA) is 73.2 Å². The van der Waals surface area contributed by atoms with Crippen LogP contribution in [0, 0.1) is 0 Å². The SMILES string of the molecule is CCC(O)C1(O)OC1(O)CC. The van der Waals surface area contributed by atoms with Gasteiger partial charge >= 0.3 is 0 Å². The van der Waals surface area contributed by atoms with Crippen LogP contribution in [0.1, 0.15) is 26.7 Å². The highest BCUT2D eigenvalue weighted by atomic mass is 16.8. The number of rotatable bonds is 3. The predicted molar refractivity (Wildman–Crippen MR) is 37.6 cm³/mol. The molecule has 1 rings (SSSR count). The molecule has 3 atom stereocenters. The zero-order valence-corrected chi connectivity index (χ0v) is 6.74. The first-order valence-corrected chi connectivity index (χ1v) is 3.83. The van der Waals surface area contributed by atoms with Gasteiger partial charge in [0.25, 0.3) is 5.79 Å². The van der Waals surface area contributed by atoms with Gasteiger partial charge < -0.3 is 20.1 Å². The maximum Gasteiger partial charge on any atom is 0.250 e. The number of aliphatic hydroxyl groups excluding tert-OH is 1. The maximum atomic E-state index is 9.39. The van der Waals surface area contributed by atoms with E-state index in [1.54, 1.807) is 13.8 Å². The molecule has 3 N–H and O–H groups in total. The lowest BCUT2D eigenvalue weighted by Crippen LogP contribution is -2.36. The third-order valence-corrected chi connectivity index (χ3v) is 2.16. The van der Waals surface area contributed by atoms with Crippen LogP contribution in [0.4, 0.5) is 0 Å². The summed E-state index contributed by atoms with van der Waals surface area (Å²) in [7, 11) is 0. The van der Waals surface area contributed by atoms with Gasteiger partial charge in [-0.25, -0.2) is 0 Å². The lowest BCUT2D eigenvalue weighted by molar-refractivity contribution is -0.0805. The van der Waals surface area contributed by atoms with Gasteiger partial charge in [0.2, 0.25) is 5.79 Å². The Morgan fingerprint density at radius 2 is 1.91 bits per heavy atom. The Balaban J connectivity index is 2.61. The first-order valence-electron chi connectivity index (χ1n) is 3.83. The molecule has 0 saturated carbocycles. The highest BCUT2D eigenvalue weighted by Gasteiger charge is 2.72. The average molecular weight is 162 g/mol. The van der Waals surface area contributed by atoms with Crippen molar-refractivity contribution < 1.29 is 20.1 Å². The van der Waals surface area contributed by atoms with E-state index in [-0.39, 0.29) is 6.42 Å². The molecule has 66 valence electrons. The minimum atomic E-state index is -1.73. The van der Waals surface area contributed by atoms with Gasteiger partial charge in [-0.1, -0.05) is 13.8 Å². The number of hydrogen-bond acceptors (Lipinski definition) is 4. The van der Waals surface area contributed by atoms with Crippen molar-refractivity contribution in [3.63, 3.8) is 0 Å². The lowest BCUT2D eigenvalue weighted by atomic mass is 10.0. The van der Waals surface area contributed by atoms with E-state index in [0.29, 0.717) is 6.42 Å². The van der Waals surface area contributed by atoms with Crippen LogP contribution in [0.25, 0.3) is 0 Å². The predicted octanol–water partition coefficient (Wildman–Crippen LogP) is -0.425. The number of ether oxygens (including phenoxy) is 1. The summed E-state index contributed by atoms with van der Waals surface area (Å²) in [5, 5.41) is 27.9. The Hall–Kier alpha value is -0.160. The quantitative estimate of drug-likeness (QED) is 0.492. The molecule has 1 aliphatic heterocycles. The van der Waals surface area contributed by atoms with Crippen LogP contribution < -0.4 is 0 Å². The molecule has 1 aliphatic rings. The molecular weight excluding hydrogens is 148 g/mol. The van der Waals surface area contributed by atoms with E-state index in [1.165, 1.54) is 0 Å². The molecule has 0 amide bonds. The molecule has 0 aliphatic carbocycles. The van der Waals surface area contributed by atoms with Crippen molar-refractivity contribution in [1.29, 1.82) is 0 Å². The van der Waals surface area contributed by atoms with E-state index in [0.717, 1.165) is 0 Å². The largest absolute Gasteiger partial charge is 0.387 e. The molecule has 0 radical (unpaired) electrons. The molecule has 1 heterocycles. The lowest BCUT2D eigenvalue weighted by Gasteiger charge is -2.13. The van der Waals surface area contributed by atoms with Gasteiger partial charge in [-0.05, 0) is 6.42 Å². The summed E-state index contributed by atoms with van der Waals surface area (Å²) in [5.74, 6) is -3.25. The van der Waals surface area contributed by atoms with E-state index >= 15 is 0 Å². The Kier molecular flexibility index (Phi) is 1.96. The van der Waals surface area contributed by atoms with Crippen molar-refractivity contribution in [2.45, 2.75) is 44.4 Å². The Labute approximate surface area is 65.4 Å². The van der Waals surface area contributed by atoms with Gasteiger partial charge in [0.15, 0.2) is 0 Å². The summed E-state index contributed by atoms with van der Waals surface area (Å²) in [6, 6.07) is 0. The summed E-state index contributed by atoms with van der Waals surface area (Å²) < 4.78 is 4.65. The monoisotopic (exact) mass is 162 g/mol. The van der Waals surface area contributed by atoms with Crippen molar-refractivity contribution in [3.05, 3.63) is 0 Å². The molecule has 1 fully saturated rings. The van der Waals surface area contributed by atoms with Crippen LogP contribution in [0.5, 0.6) is 0 Å². The molecule has 11 heavy (non-hydrogen) atoms. The summed E-state index contributed by atoms with van der Waals surface area (Å²) in [6.45, 7) is 3.39. The van der Waals surface area contributed by atoms with Crippen molar-refractivity contribution >= 4 is 0 Å². The van der Waals surface area contributed by atoms with Gasteiger partial charge in [0.1, 0.15) is 6.10 Å². The maximum absolute atomic E-state index is 9.39. The third-order valence-electron chi connectivity index (χ3n) is 2.16. The molecule has 4 heteroatoms. The molecule has 0 aromatic carbocycles. The molecule has 0 aromatic heterocycles. The second kappa shape index (κ2) is 2.42. The number of epoxide rings is 1. The van der Waals surface area contributed by atoms with Gasteiger partial charge in [0.05, 0.1) is 0 Å². The van der Waals surface area contributed by atoms with Gasteiger partial charge in [-0.15, -0.1) is 0 Å². The van der Waals surface area contributed by atoms with E-state index in [2.05, 4.69) is 4.74 Å². The van der Waals surface area contributed by atoms with Crippen LogP contribution in [0.15, 0.2) is 0 Å². The first kappa shape index (κ1) is 8.93. The number of hydrogen-bond donors (Lipinski definition) is 3. The highest BCUT2D eigenvalue weighted by molar-refractivity contribution is 5.03. The molecule has 4 nitrogen and oxygen atoms in total. The molecular formula is C7H14O4. The summed E-state index contributed by atoms with van der Waals surface area (Å²) >= 11 is 0. The second-order valence-corrected chi connectivity index (χ2v) is 2.86. The standard InChI is InChI=1S/C7H14O4/c1-3-5(8)7(10)6(9,4-2)11-7/h5,8-10H,3-4H2,1-2H3. The van der Waals surface area contributed by atoms with Crippen LogP contribution in [-0.4, -0.2) is 33.0 Å². The fraction of sp³-hybridized carbons (Fsp3) is 1.00. The minimum absolute atomic E-state index is 0.278. The molecule has 0 aromatic rings.